The Bertz CT molecular complexity index is 935. The summed E-state index contributed by atoms with van der Waals surface area (Å²) < 4.78 is 34.9. The highest BCUT2D eigenvalue weighted by Gasteiger charge is 2.10. The number of benzene rings is 2. The van der Waals surface area contributed by atoms with Crippen LogP contribution in [0.5, 0.6) is 5.75 Å². The van der Waals surface area contributed by atoms with Crippen molar-refractivity contribution in [2.75, 3.05) is 6.26 Å². The molecule has 8 heteroatoms. The summed E-state index contributed by atoms with van der Waals surface area (Å²) in [6, 6.07) is 13.7. The SMILES string of the molecule is CS(=O)(=O)c1ccc(OCc2nnc(-c3ccc(Br)cc3)o2)cc1. The van der Waals surface area contributed by atoms with Crippen LogP contribution < -0.4 is 4.74 Å². The van der Waals surface area contributed by atoms with Crippen molar-refractivity contribution in [3.05, 3.63) is 58.9 Å². The molecule has 2 aromatic carbocycles. The molecule has 0 saturated heterocycles. The molecule has 0 saturated carbocycles. The number of ether oxygens (including phenoxy) is 1. The zero-order valence-electron chi connectivity index (χ0n) is 12.6. The van der Waals surface area contributed by atoms with Gasteiger partial charge in [0, 0.05) is 16.3 Å². The van der Waals surface area contributed by atoms with Crippen molar-refractivity contribution >= 4 is 25.8 Å². The van der Waals surface area contributed by atoms with Gasteiger partial charge in [0.2, 0.25) is 5.89 Å². The summed E-state index contributed by atoms with van der Waals surface area (Å²) in [5.41, 5.74) is 0.814. The summed E-state index contributed by atoms with van der Waals surface area (Å²) in [5.74, 6) is 1.26. The van der Waals surface area contributed by atoms with E-state index in [1.807, 2.05) is 24.3 Å². The van der Waals surface area contributed by atoms with Crippen molar-refractivity contribution in [1.82, 2.24) is 10.2 Å². The summed E-state index contributed by atoms with van der Waals surface area (Å²) in [6.45, 7) is 0.0990. The maximum absolute atomic E-state index is 11.4. The van der Waals surface area contributed by atoms with Crippen molar-refractivity contribution in [3.8, 4) is 17.2 Å². The van der Waals surface area contributed by atoms with Gasteiger partial charge in [-0.1, -0.05) is 15.9 Å². The van der Waals surface area contributed by atoms with Crippen LogP contribution in [0.4, 0.5) is 0 Å². The Morgan fingerprint density at radius 1 is 1.04 bits per heavy atom. The fourth-order valence-corrected chi connectivity index (χ4v) is 2.84. The molecule has 1 heterocycles. The maximum Gasteiger partial charge on any atom is 0.254 e. The van der Waals surface area contributed by atoms with Crippen LogP contribution in [-0.4, -0.2) is 24.9 Å². The van der Waals surface area contributed by atoms with Crippen LogP contribution in [0, 0.1) is 0 Å². The van der Waals surface area contributed by atoms with Gasteiger partial charge in [-0.2, -0.15) is 0 Å². The molecule has 0 fully saturated rings. The molecule has 0 spiro atoms. The molecule has 3 aromatic rings. The Labute approximate surface area is 147 Å². The van der Waals surface area contributed by atoms with Gasteiger partial charge in [-0.25, -0.2) is 8.42 Å². The molecule has 0 N–H and O–H groups in total. The molecule has 0 aliphatic carbocycles. The van der Waals surface area contributed by atoms with Crippen LogP contribution in [0.1, 0.15) is 5.89 Å². The largest absolute Gasteiger partial charge is 0.484 e. The Kier molecular flexibility index (Phi) is 4.68. The highest BCUT2D eigenvalue weighted by Crippen LogP contribution is 2.21. The summed E-state index contributed by atoms with van der Waals surface area (Å²) in [6.07, 6.45) is 1.16. The normalized spacial score (nSPS) is 11.4. The summed E-state index contributed by atoms with van der Waals surface area (Å²) in [4.78, 5) is 0.241. The topological polar surface area (TPSA) is 82.3 Å². The Morgan fingerprint density at radius 3 is 2.33 bits per heavy atom. The number of sulfone groups is 1. The minimum absolute atomic E-state index is 0.0990. The zero-order chi connectivity index (χ0) is 17.2. The Balaban J connectivity index is 1.66. The molecule has 124 valence electrons. The van der Waals surface area contributed by atoms with Gasteiger partial charge < -0.3 is 9.15 Å². The van der Waals surface area contributed by atoms with Crippen LogP contribution >= 0.6 is 15.9 Å². The average Bonchev–Trinajstić information content (AvgIpc) is 3.02. The van der Waals surface area contributed by atoms with Crippen molar-refractivity contribution in [1.29, 1.82) is 0 Å². The molecular weight excluding hydrogens is 396 g/mol. The lowest BCUT2D eigenvalue weighted by molar-refractivity contribution is 0.264. The second-order valence-corrected chi connectivity index (χ2v) is 7.97. The first-order chi connectivity index (χ1) is 11.4. The fraction of sp³-hybridized carbons (Fsp3) is 0.125. The van der Waals surface area contributed by atoms with Crippen molar-refractivity contribution in [3.63, 3.8) is 0 Å². The Hall–Kier alpha value is -2.19. The van der Waals surface area contributed by atoms with Gasteiger partial charge in [0.1, 0.15) is 5.75 Å². The van der Waals surface area contributed by atoms with Gasteiger partial charge in [-0.15, -0.1) is 10.2 Å². The average molecular weight is 409 g/mol. The molecule has 0 unspecified atom stereocenters. The summed E-state index contributed by atoms with van der Waals surface area (Å²) >= 11 is 3.37. The number of nitrogens with zero attached hydrogens (tertiary/aromatic N) is 2. The molecule has 0 aliphatic heterocycles. The van der Waals surface area contributed by atoms with Crippen molar-refractivity contribution < 1.29 is 17.6 Å². The van der Waals surface area contributed by atoms with E-state index in [0.717, 1.165) is 16.3 Å². The van der Waals surface area contributed by atoms with Gasteiger partial charge in [0.25, 0.3) is 5.89 Å². The quantitative estimate of drug-likeness (QED) is 0.642. The van der Waals surface area contributed by atoms with E-state index >= 15 is 0 Å². The number of rotatable bonds is 5. The van der Waals surface area contributed by atoms with Crippen LogP contribution in [0.3, 0.4) is 0 Å². The van der Waals surface area contributed by atoms with Crippen molar-refractivity contribution in [2.45, 2.75) is 11.5 Å². The van der Waals surface area contributed by atoms with Gasteiger partial charge in [-0.05, 0) is 48.5 Å². The van der Waals surface area contributed by atoms with Crippen LogP contribution in [0.2, 0.25) is 0 Å². The molecule has 0 aliphatic rings. The number of halogens is 1. The first-order valence-electron chi connectivity index (χ1n) is 6.93. The summed E-state index contributed by atoms with van der Waals surface area (Å²) in [7, 11) is -3.22. The lowest BCUT2D eigenvalue weighted by atomic mass is 10.2. The van der Waals surface area contributed by atoms with Crippen molar-refractivity contribution in [2.24, 2.45) is 0 Å². The maximum atomic E-state index is 11.4. The molecular formula is C16H13BrN2O4S. The lowest BCUT2D eigenvalue weighted by Gasteiger charge is -2.04. The van der Waals surface area contributed by atoms with Gasteiger partial charge >= 0.3 is 0 Å². The highest BCUT2D eigenvalue weighted by atomic mass is 79.9. The van der Waals surface area contributed by atoms with E-state index in [-0.39, 0.29) is 11.5 Å². The zero-order valence-corrected chi connectivity index (χ0v) is 15.0. The molecule has 24 heavy (non-hydrogen) atoms. The van der Waals surface area contributed by atoms with E-state index in [4.69, 9.17) is 9.15 Å². The fourth-order valence-electron chi connectivity index (χ4n) is 1.95. The number of hydrogen-bond donors (Lipinski definition) is 0. The van der Waals surface area contributed by atoms with E-state index in [2.05, 4.69) is 26.1 Å². The van der Waals surface area contributed by atoms with Gasteiger partial charge in [-0.3, -0.25) is 0 Å². The van der Waals surface area contributed by atoms with Crippen LogP contribution in [0.25, 0.3) is 11.5 Å². The molecule has 1 aromatic heterocycles. The van der Waals surface area contributed by atoms with E-state index in [9.17, 15) is 8.42 Å². The van der Waals surface area contributed by atoms with Gasteiger partial charge in [0.15, 0.2) is 16.4 Å². The molecule has 0 atom stereocenters. The predicted octanol–water partition coefficient (Wildman–Crippen LogP) is 3.48. The summed E-state index contributed by atoms with van der Waals surface area (Å²) in [5, 5.41) is 7.92. The molecule has 0 bridgehead atoms. The molecule has 0 radical (unpaired) electrons. The minimum Gasteiger partial charge on any atom is -0.484 e. The van der Waals surface area contributed by atoms with Crippen LogP contribution in [0.15, 0.2) is 62.3 Å². The predicted molar refractivity (Wildman–Crippen MR) is 91.3 cm³/mol. The lowest BCUT2D eigenvalue weighted by Crippen LogP contribution is -1.98. The smallest absolute Gasteiger partial charge is 0.254 e. The van der Waals surface area contributed by atoms with E-state index in [1.54, 1.807) is 12.1 Å². The molecule has 3 rings (SSSR count). The first kappa shape index (κ1) is 16.7. The second-order valence-electron chi connectivity index (χ2n) is 5.04. The molecule has 0 amide bonds. The standard InChI is InChI=1S/C16H13BrN2O4S/c1-24(20,21)14-8-6-13(7-9-14)22-10-15-18-19-16(23-15)11-2-4-12(17)5-3-11/h2-9H,10H2,1H3. The number of hydrogen-bond acceptors (Lipinski definition) is 6. The Morgan fingerprint density at radius 2 is 1.71 bits per heavy atom. The van der Waals surface area contributed by atoms with E-state index in [0.29, 0.717) is 17.5 Å². The highest BCUT2D eigenvalue weighted by molar-refractivity contribution is 9.10. The first-order valence-corrected chi connectivity index (χ1v) is 9.61. The third-order valence-electron chi connectivity index (χ3n) is 3.17. The molecule has 6 nitrogen and oxygen atoms in total. The van der Waals surface area contributed by atoms with Gasteiger partial charge in [0.05, 0.1) is 4.90 Å². The number of aromatic nitrogens is 2. The minimum atomic E-state index is -3.22. The third-order valence-corrected chi connectivity index (χ3v) is 4.83. The monoisotopic (exact) mass is 408 g/mol. The second kappa shape index (κ2) is 6.74. The van der Waals surface area contributed by atoms with Crippen LogP contribution in [-0.2, 0) is 16.4 Å². The van der Waals surface area contributed by atoms with E-state index < -0.39 is 9.84 Å². The third kappa shape index (κ3) is 4.01. The van der Waals surface area contributed by atoms with E-state index in [1.165, 1.54) is 12.1 Å².